The minimum atomic E-state index is -0.322. The van der Waals surface area contributed by atoms with Crippen LogP contribution >= 0.6 is 0 Å². The number of carbonyl (C=O) groups is 1. The van der Waals surface area contributed by atoms with Gasteiger partial charge in [-0.25, -0.2) is 9.07 Å². The zero-order valence-corrected chi connectivity index (χ0v) is 14.7. The topological polar surface area (TPSA) is 65.2 Å². The van der Waals surface area contributed by atoms with E-state index in [-0.39, 0.29) is 18.5 Å². The molecule has 26 heavy (non-hydrogen) atoms. The van der Waals surface area contributed by atoms with Crippen LogP contribution in [0.2, 0.25) is 0 Å². The molecule has 1 amide bonds. The van der Waals surface area contributed by atoms with E-state index in [4.69, 9.17) is 4.74 Å². The van der Waals surface area contributed by atoms with Gasteiger partial charge in [-0.05, 0) is 43.3 Å². The van der Waals surface area contributed by atoms with E-state index in [9.17, 15) is 9.18 Å². The molecule has 136 valence electrons. The maximum atomic E-state index is 12.9. The Labute approximate surface area is 150 Å². The van der Waals surface area contributed by atoms with Gasteiger partial charge >= 0.3 is 0 Å². The first-order chi connectivity index (χ1) is 12.6. The second-order valence-electron chi connectivity index (χ2n) is 5.77. The Balaban J connectivity index is 1.59. The number of hydrogen-bond acceptors (Lipinski definition) is 4. The fraction of sp³-hybridized carbons (Fsp3) is 0.278. The monoisotopic (exact) mass is 357 g/mol. The van der Waals surface area contributed by atoms with Crippen LogP contribution in [0.25, 0.3) is 0 Å². The molecule has 0 bridgehead atoms. The van der Waals surface area contributed by atoms with E-state index in [2.05, 4.69) is 10.2 Å². The molecule has 0 spiro atoms. The van der Waals surface area contributed by atoms with Crippen LogP contribution in [0.5, 0.6) is 5.75 Å². The van der Waals surface area contributed by atoms with E-state index >= 15 is 0 Å². The van der Waals surface area contributed by atoms with E-state index in [1.165, 1.54) is 28.9 Å². The van der Waals surface area contributed by atoms with Crippen molar-refractivity contribution in [3.8, 4) is 5.75 Å². The van der Waals surface area contributed by atoms with Crippen molar-refractivity contribution < 1.29 is 13.9 Å². The molecule has 2 heterocycles. The van der Waals surface area contributed by atoms with Crippen molar-refractivity contribution in [3.63, 3.8) is 0 Å². The maximum Gasteiger partial charge on any atom is 0.274 e. The Morgan fingerprint density at radius 1 is 1.23 bits per heavy atom. The van der Waals surface area contributed by atoms with Crippen molar-refractivity contribution in [1.29, 1.82) is 0 Å². The SMILES string of the molecule is CCn1nccc1CN(C)C(=O)c1ccn(COc2ccc(F)cc2)n1. The summed E-state index contributed by atoms with van der Waals surface area (Å²) in [6.07, 6.45) is 3.39. The number of aromatic nitrogens is 4. The van der Waals surface area contributed by atoms with Crippen LogP contribution in [0.3, 0.4) is 0 Å². The predicted octanol–water partition coefficient (Wildman–Crippen LogP) is 2.55. The predicted molar refractivity (Wildman–Crippen MR) is 93.0 cm³/mol. The highest BCUT2D eigenvalue weighted by Gasteiger charge is 2.16. The van der Waals surface area contributed by atoms with Crippen molar-refractivity contribution in [1.82, 2.24) is 24.5 Å². The third kappa shape index (κ3) is 4.08. The lowest BCUT2D eigenvalue weighted by Gasteiger charge is -2.16. The van der Waals surface area contributed by atoms with Gasteiger partial charge in [0.15, 0.2) is 12.4 Å². The van der Waals surface area contributed by atoms with E-state index in [0.29, 0.717) is 18.0 Å². The third-order valence-corrected chi connectivity index (χ3v) is 3.89. The van der Waals surface area contributed by atoms with Crippen molar-refractivity contribution in [3.05, 3.63) is 66.0 Å². The Morgan fingerprint density at radius 3 is 2.73 bits per heavy atom. The van der Waals surface area contributed by atoms with Crippen LogP contribution in [0.15, 0.2) is 48.8 Å². The molecule has 0 aliphatic heterocycles. The molecule has 0 aliphatic carbocycles. The molecular weight excluding hydrogens is 337 g/mol. The summed E-state index contributed by atoms with van der Waals surface area (Å²) in [5.41, 5.74) is 1.29. The van der Waals surface area contributed by atoms with Gasteiger partial charge in [0.25, 0.3) is 5.91 Å². The largest absolute Gasteiger partial charge is 0.471 e. The van der Waals surface area contributed by atoms with Crippen LogP contribution in [0, 0.1) is 5.82 Å². The summed E-state index contributed by atoms with van der Waals surface area (Å²) in [6.45, 7) is 3.33. The zero-order valence-electron chi connectivity index (χ0n) is 14.7. The fourth-order valence-electron chi connectivity index (χ4n) is 2.51. The lowest BCUT2D eigenvalue weighted by molar-refractivity contribution is 0.0773. The molecule has 0 radical (unpaired) electrons. The minimum absolute atomic E-state index is 0.130. The molecule has 3 rings (SSSR count). The number of amides is 1. The van der Waals surface area contributed by atoms with Crippen LogP contribution in [-0.2, 0) is 19.8 Å². The van der Waals surface area contributed by atoms with Gasteiger partial charge in [-0.1, -0.05) is 0 Å². The molecule has 8 heteroatoms. The summed E-state index contributed by atoms with van der Waals surface area (Å²) in [5.74, 6) is 0.0193. The van der Waals surface area contributed by atoms with Crippen molar-refractivity contribution in [2.24, 2.45) is 0 Å². The molecule has 0 N–H and O–H groups in total. The van der Waals surface area contributed by atoms with Crippen molar-refractivity contribution in [2.45, 2.75) is 26.7 Å². The quantitative estimate of drug-likeness (QED) is 0.652. The number of rotatable bonds is 7. The Kier molecular flexibility index (Phi) is 5.31. The van der Waals surface area contributed by atoms with E-state index in [1.807, 2.05) is 17.7 Å². The van der Waals surface area contributed by atoms with Gasteiger partial charge in [0, 0.05) is 26.0 Å². The maximum absolute atomic E-state index is 12.9. The van der Waals surface area contributed by atoms with E-state index in [1.54, 1.807) is 30.4 Å². The highest BCUT2D eigenvalue weighted by atomic mass is 19.1. The Hall–Kier alpha value is -3.16. The van der Waals surface area contributed by atoms with Crippen molar-refractivity contribution in [2.75, 3.05) is 7.05 Å². The second kappa shape index (κ2) is 7.81. The third-order valence-electron chi connectivity index (χ3n) is 3.89. The molecule has 0 atom stereocenters. The smallest absolute Gasteiger partial charge is 0.274 e. The molecule has 0 unspecified atom stereocenters. The Morgan fingerprint density at radius 2 is 2.00 bits per heavy atom. The number of aryl methyl sites for hydroxylation is 1. The lowest BCUT2D eigenvalue weighted by Crippen LogP contribution is -2.28. The van der Waals surface area contributed by atoms with E-state index < -0.39 is 0 Å². The summed E-state index contributed by atoms with van der Waals surface area (Å²) in [4.78, 5) is 14.1. The first kappa shape index (κ1) is 17.7. The molecule has 0 fully saturated rings. The van der Waals surface area contributed by atoms with Gasteiger partial charge in [0.05, 0.1) is 12.2 Å². The van der Waals surface area contributed by atoms with E-state index in [0.717, 1.165) is 12.2 Å². The molecule has 7 nitrogen and oxygen atoms in total. The standard InChI is InChI=1S/C18H20FN5O2/c1-3-24-15(8-10-20-24)12-22(2)18(25)17-9-11-23(21-17)13-26-16-6-4-14(19)5-7-16/h4-11H,3,12-13H2,1-2H3. The van der Waals surface area contributed by atoms with Gasteiger partial charge in [0.1, 0.15) is 11.6 Å². The number of benzene rings is 1. The number of ether oxygens (including phenoxy) is 1. The molecule has 0 saturated heterocycles. The van der Waals surface area contributed by atoms with Crippen LogP contribution < -0.4 is 4.74 Å². The summed E-state index contributed by atoms with van der Waals surface area (Å²) in [6, 6.07) is 9.25. The van der Waals surface area contributed by atoms with Crippen LogP contribution in [0.1, 0.15) is 23.1 Å². The molecule has 0 aliphatic rings. The fourth-order valence-corrected chi connectivity index (χ4v) is 2.51. The number of carbonyl (C=O) groups excluding carboxylic acids is 1. The Bertz CT molecular complexity index is 872. The highest BCUT2D eigenvalue weighted by Crippen LogP contribution is 2.12. The zero-order chi connectivity index (χ0) is 18.5. The minimum Gasteiger partial charge on any atom is -0.471 e. The summed E-state index contributed by atoms with van der Waals surface area (Å²) in [5, 5.41) is 8.44. The van der Waals surface area contributed by atoms with Gasteiger partial charge in [-0.15, -0.1) is 0 Å². The molecule has 2 aromatic heterocycles. The summed E-state index contributed by atoms with van der Waals surface area (Å²) >= 11 is 0. The number of nitrogens with zero attached hydrogens (tertiary/aromatic N) is 5. The number of halogens is 1. The van der Waals surface area contributed by atoms with Gasteiger partial charge in [-0.2, -0.15) is 10.2 Å². The summed E-state index contributed by atoms with van der Waals surface area (Å²) < 4.78 is 21.8. The van der Waals surface area contributed by atoms with Crippen molar-refractivity contribution >= 4 is 5.91 Å². The molecule has 0 saturated carbocycles. The summed E-state index contributed by atoms with van der Waals surface area (Å²) in [7, 11) is 1.73. The first-order valence-corrected chi connectivity index (χ1v) is 8.25. The second-order valence-corrected chi connectivity index (χ2v) is 5.77. The molecule has 1 aromatic carbocycles. The van der Waals surface area contributed by atoms with Gasteiger partial charge in [-0.3, -0.25) is 9.48 Å². The van der Waals surface area contributed by atoms with Crippen LogP contribution in [0.4, 0.5) is 4.39 Å². The first-order valence-electron chi connectivity index (χ1n) is 8.25. The normalized spacial score (nSPS) is 10.7. The lowest BCUT2D eigenvalue weighted by atomic mass is 10.3. The molecular formula is C18H20FN5O2. The van der Waals surface area contributed by atoms with Gasteiger partial charge in [0.2, 0.25) is 0 Å². The van der Waals surface area contributed by atoms with Crippen LogP contribution in [-0.4, -0.2) is 37.4 Å². The average molecular weight is 357 g/mol. The average Bonchev–Trinajstić information content (AvgIpc) is 3.29. The number of hydrogen-bond donors (Lipinski definition) is 0. The molecule has 3 aromatic rings. The highest BCUT2D eigenvalue weighted by molar-refractivity contribution is 5.91. The van der Waals surface area contributed by atoms with Gasteiger partial charge < -0.3 is 9.64 Å².